The lowest BCUT2D eigenvalue weighted by Gasteiger charge is -2.26. The molecule has 0 heterocycles. The number of anilines is 2. The van der Waals surface area contributed by atoms with E-state index in [2.05, 4.69) is 58.4 Å². The fraction of sp³-hybridized carbons (Fsp3) is 0.571. The van der Waals surface area contributed by atoms with E-state index < -0.39 is 13.0 Å². The minimum atomic E-state index is -1.71. The second kappa shape index (κ2) is 15.8. The van der Waals surface area contributed by atoms with Crippen molar-refractivity contribution in [1.82, 2.24) is 10.6 Å². The quantitative estimate of drug-likeness (QED) is 0.150. The number of benzene rings is 2. The topological polar surface area (TPSA) is 117 Å². The first-order chi connectivity index (χ1) is 18.6. The highest BCUT2D eigenvalue weighted by molar-refractivity contribution is 9.11. The second-order valence-corrected chi connectivity index (χ2v) is 12.2. The van der Waals surface area contributed by atoms with Gasteiger partial charge >= 0.3 is 0 Å². The van der Waals surface area contributed by atoms with E-state index in [9.17, 15) is 10.2 Å². The lowest BCUT2D eigenvalue weighted by Crippen LogP contribution is -2.34. The first kappa shape index (κ1) is 26.5. The van der Waals surface area contributed by atoms with Crippen LogP contribution in [0.15, 0.2) is 37.7 Å². The molecule has 4 rings (SSSR count). The number of aliphatic hydroxyl groups is 2. The van der Waals surface area contributed by atoms with Gasteiger partial charge in [0.25, 0.3) is 0 Å². The zero-order valence-corrected chi connectivity index (χ0v) is 25.2. The standard InChI is InChI=1S/C14H21BrN2O.C13H18Br2N2O.CH4/c1-9-6-10(14(16)13(15)7-9)8-17-11-2-4-12(18)5-3-11;14-9-5-8(13(16)12(15)6-9)7-17-10-1-3-11(18)4-2-10;/h6-7,11-12,17-18H,2-5,8,16H2,1H3;5-6,10-11,17-18H,1-4,7,16H2;1H4/i8+1D2;7D2;. The Balaban J connectivity index is 0.000000280. The van der Waals surface area contributed by atoms with Crippen molar-refractivity contribution in [2.75, 3.05) is 11.5 Å². The summed E-state index contributed by atoms with van der Waals surface area (Å²) in [5, 5.41) is 25.1. The van der Waals surface area contributed by atoms with Gasteiger partial charge in [-0.05, 0) is 125 Å². The van der Waals surface area contributed by atoms with Gasteiger partial charge in [-0.15, -0.1) is 0 Å². The maximum atomic E-state index is 9.51. The Kier molecular flexibility index (Phi) is 11.3. The maximum absolute atomic E-state index is 9.51. The number of hydrogen-bond acceptors (Lipinski definition) is 6. The lowest BCUT2D eigenvalue weighted by atomic mass is 9.93. The summed E-state index contributed by atoms with van der Waals surface area (Å²) >= 11 is 10.1. The molecule has 2 aliphatic rings. The number of aryl methyl sites for hydroxylation is 1. The van der Waals surface area contributed by atoms with Gasteiger partial charge in [-0.2, -0.15) is 0 Å². The van der Waals surface area contributed by atoms with Crippen LogP contribution >= 0.6 is 47.8 Å². The van der Waals surface area contributed by atoms with E-state index in [-0.39, 0.29) is 31.7 Å². The van der Waals surface area contributed by atoms with E-state index >= 15 is 0 Å². The van der Waals surface area contributed by atoms with Crippen LogP contribution in [0.1, 0.15) is 81.0 Å². The third-order valence-corrected chi connectivity index (χ3v) is 8.35. The smallest absolute Gasteiger partial charge is 0.0541 e. The number of nitrogens with one attached hydrogen (secondary N) is 2. The van der Waals surface area contributed by atoms with Crippen LogP contribution in [-0.2, 0) is 13.0 Å². The summed E-state index contributed by atoms with van der Waals surface area (Å²) < 4.78 is 35.2. The van der Waals surface area contributed by atoms with Crippen molar-refractivity contribution in [2.24, 2.45) is 0 Å². The van der Waals surface area contributed by atoms with E-state index in [1.165, 1.54) is 0 Å². The summed E-state index contributed by atoms with van der Waals surface area (Å²) in [5.41, 5.74) is 14.7. The SMILES string of the molecule is C.[2H]C([2H])(NC1CCC(O)CC1)c1cc(Br)cc(Br)c1N.[2H][13C]([2H])(NC1CCC(O)CC1)c1cc(C)cc(Br)c1N. The molecule has 0 radical (unpaired) electrons. The van der Waals surface area contributed by atoms with Crippen LogP contribution in [0.2, 0.25) is 0 Å². The Morgan fingerprint density at radius 1 is 0.757 bits per heavy atom. The molecule has 0 aliphatic heterocycles. The van der Waals surface area contributed by atoms with Crippen molar-refractivity contribution in [3.8, 4) is 0 Å². The fourth-order valence-electron chi connectivity index (χ4n) is 4.34. The summed E-state index contributed by atoms with van der Waals surface area (Å²) in [6, 6.07) is 7.30. The Hall–Kier alpha value is -0.680. The highest BCUT2D eigenvalue weighted by Crippen LogP contribution is 2.29. The van der Waals surface area contributed by atoms with Crippen molar-refractivity contribution < 1.29 is 15.7 Å². The van der Waals surface area contributed by atoms with E-state index in [1.54, 1.807) is 18.2 Å². The highest BCUT2D eigenvalue weighted by atomic mass is 79.9. The molecule has 2 fully saturated rings. The predicted octanol–water partition coefficient (Wildman–Crippen LogP) is 6.56. The minimum absolute atomic E-state index is 0. The van der Waals surface area contributed by atoms with Crippen LogP contribution in [0.4, 0.5) is 11.4 Å². The summed E-state index contributed by atoms with van der Waals surface area (Å²) in [7, 11) is 0. The molecule has 0 atom stereocenters. The number of halogens is 3. The number of rotatable bonds is 6. The van der Waals surface area contributed by atoms with Gasteiger partial charge in [0.1, 0.15) is 0 Å². The molecule has 8 N–H and O–H groups in total. The van der Waals surface area contributed by atoms with Gasteiger partial charge < -0.3 is 32.3 Å². The molecule has 6 nitrogen and oxygen atoms in total. The molecule has 0 spiro atoms. The Morgan fingerprint density at radius 3 is 1.62 bits per heavy atom. The van der Waals surface area contributed by atoms with Gasteiger partial charge in [-0.3, -0.25) is 0 Å². The molecule has 0 unspecified atom stereocenters. The molecule has 2 aliphatic carbocycles. The average molecular weight is 712 g/mol. The molecule has 208 valence electrons. The summed E-state index contributed by atoms with van der Waals surface area (Å²) in [6.45, 7) is -1.46. The van der Waals surface area contributed by atoms with E-state index in [0.717, 1.165) is 53.0 Å². The molecule has 0 aromatic heterocycles. The molecule has 9 heteroatoms. The largest absolute Gasteiger partial charge is 0.398 e. The fourth-order valence-corrected chi connectivity index (χ4v) is 6.14. The Morgan fingerprint density at radius 2 is 1.16 bits per heavy atom. The minimum Gasteiger partial charge on any atom is -0.398 e. The zero-order valence-electron chi connectivity index (χ0n) is 24.5. The van der Waals surface area contributed by atoms with Gasteiger partial charge in [0.2, 0.25) is 0 Å². The van der Waals surface area contributed by atoms with Crippen molar-refractivity contribution in [3.63, 3.8) is 0 Å². The van der Waals surface area contributed by atoms with E-state index in [4.69, 9.17) is 17.0 Å². The molecular weight excluding hydrogens is 665 g/mol. The summed E-state index contributed by atoms with van der Waals surface area (Å²) in [6.07, 6.45) is 5.51. The van der Waals surface area contributed by atoms with Crippen molar-refractivity contribution in [3.05, 3.63) is 54.4 Å². The van der Waals surface area contributed by atoms with Crippen LogP contribution < -0.4 is 22.1 Å². The van der Waals surface area contributed by atoms with Crippen LogP contribution in [0.25, 0.3) is 0 Å². The summed E-state index contributed by atoms with van der Waals surface area (Å²) in [4.78, 5) is 0. The maximum Gasteiger partial charge on any atom is 0.0541 e. The Labute approximate surface area is 253 Å². The molecule has 2 aromatic carbocycles. The number of hydrogen-bond donors (Lipinski definition) is 6. The number of nitrogens with two attached hydrogens (primary N) is 2. The first-order valence-corrected chi connectivity index (χ1v) is 14.7. The molecule has 0 bridgehead atoms. The molecular formula is C28H43Br3N4O2. The second-order valence-electron chi connectivity index (χ2n) is 9.61. The molecule has 0 amide bonds. The highest BCUT2D eigenvalue weighted by Gasteiger charge is 2.20. The van der Waals surface area contributed by atoms with Crippen molar-refractivity contribution in [1.29, 1.82) is 0 Å². The van der Waals surface area contributed by atoms with Crippen LogP contribution in [0.3, 0.4) is 0 Å². The number of nitrogen functional groups attached to an aromatic ring is 2. The number of aliphatic hydroxyl groups excluding tert-OH is 2. The monoisotopic (exact) mass is 709 g/mol. The van der Waals surface area contributed by atoms with Crippen LogP contribution in [-0.4, -0.2) is 34.5 Å². The first-order valence-electron chi connectivity index (χ1n) is 14.3. The van der Waals surface area contributed by atoms with Gasteiger partial charge in [0.05, 0.1) is 23.6 Å². The van der Waals surface area contributed by atoms with Crippen LogP contribution in [0, 0.1) is 6.92 Å². The molecule has 0 saturated heterocycles. The zero-order chi connectivity index (χ0) is 29.8. The average Bonchev–Trinajstić information content (AvgIpc) is 2.86. The van der Waals surface area contributed by atoms with Crippen molar-refractivity contribution in [2.45, 2.75) is 103 Å². The van der Waals surface area contributed by atoms with Gasteiger partial charge in [0.15, 0.2) is 0 Å². The van der Waals surface area contributed by atoms with Gasteiger partial charge in [-0.1, -0.05) is 29.4 Å². The third-order valence-electron chi connectivity index (χ3n) is 6.58. The van der Waals surface area contributed by atoms with E-state index in [0.29, 0.717) is 39.8 Å². The normalized spacial score (nSPS) is 25.9. The Bertz CT molecular complexity index is 1070. The summed E-state index contributed by atoms with van der Waals surface area (Å²) in [5.74, 6) is 0. The van der Waals surface area contributed by atoms with Gasteiger partial charge in [0, 0.05) is 44.0 Å². The van der Waals surface area contributed by atoms with E-state index in [1.807, 2.05) is 13.0 Å². The predicted molar refractivity (Wildman–Crippen MR) is 166 cm³/mol. The van der Waals surface area contributed by atoms with Gasteiger partial charge in [-0.25, -0.2) is 0 Å². The van der Waals surface area contributed by atoms with Crippen LogP contribution in [0.5, 0.6) is 0 Å². The molecule has 2 aromatic rings. The molecule has 2 saturated carbocycles. The third kappa shape index (κ3) is 10.4. The van der Waals surface area contributed by atoms with Crippen molar-refractivity contribution >= 4 is 59.2 Å². The molecule has 37 heavy (non-hydrogen) atoms. The lowest BCUT2D eigenvalue weighted by molar-refractivity contribution is 0.116.